The zero-order chi connectivity index (χ0) is 9.52. The minimum atomic E-state index is -0.187. The van der Waals surface area contributed by atoms with Gasteiger partial charge in [-0.15, -0.1) is 0 Å². The molecule has 13 heavy (non-hydrogen) atoms. The van der Waals surface area contributed by atoms with Gasteiger partial charge in [0, 0.05) is 18.9 Å². The number of hydrogen-bond donors (Lipinski definition) is 2. The van der Waals surface area contributed by atoms with E-state index in [4.69, 9.17) is 0 Å². The number of nitrogens with one attached hydrogen (secondary N) is 2. The number of hydrogen-bond acceptors (Lipinski definition) is 3. The maximum absolute atomic E-state index is 10.9. The SMILES string of the molecule is CCNC(=O)NCc1cnccn1. The molecule has 0 radical (unpaired) electrons. The molecular formula is C8H12N4O. The van der Waals surface area contributed by atoms with Gasteiger partial charge in [-0.25, -0.2) is 4.79 Å². The van der Waals surface area contributed by atoms with Gasteiger partial charge in [-0.2, -0.15) is 0 Å². The van der Waals surface area contributed by atoms with Gasteiger partial charge in [0.25, 0.3) is 0 Å². The maximum Gasteiger partial charge on any atom is 0.315 e. The van der Waals surface area contributed by atoms with Crippen molar-refractivity contribution in [2.24, 2.45) is 0 Å². The van der Waals surface area contributed by atoms with E-state index in [1.165, 1.54) is 0 Å². The molecule has 0 aliphatic carbocycles. The quantitative estimate of drug-likeness (QED) is 0.702. The molecule has 0 aliphatic rings. The lowest BCUT2D eigenvalue weighted by atomic mass is 10.4. The molecule has 5 heteroatoms. The third kappa shape index (κ3) is 3.50. The lowest BCUT2D eigenvalue weighted by Gasteiger charge is -2.03. The van der Waals surface area contributed by atoms with Crippen LogP contribution in [0.15, 0.2) is 18.6 Å². The molecule has 0 spiro atoms. The number of amides is 2. The van der Waals surface area contributed by atoms with Gasteiger partial charge in [-0.3, -0.25) is 9.97 Å². The molecule has 5 nitrogen and oxygen atoms in total. The van der Waals surface area contributed by atoms with Crippen molar-refractivity contribution in [2.75, 3.05) is 6.54 Å². The van der Waals surface area contributed by atoms with Gasteiger partial charge in [0.05, 0.1) is 18.4 Å². The van der Waals surface area contributed by atoms with Crippen molar-refractivity contribution in [3.8, 4) is 0 Å². The van der Waals surface area contributed by atoms with Crippen LogP contribution in [0.2, 0.25) is 0 Å². The predicted molar refractivity (Wildman–Crippen MR) is 47.9 cm³/mol. The Labute approximate surface area is 76.6 Å². The van der Waals surface area contributed by atoms with Gasteiger partial charge >= 0.3 is 6.03 Å². The van der Waals surface area contributed by atoms with Crippen LogP contribution >= 0.6 is 0 Å². The lowest BCUT2D eigenvalue weighted by molar-refractivity contribution is 0.241. The molecule has 1 rings (SSSR count). The third-order valence-electron chi connectivity index (χ3n) is 1.38. The Balaban J connectivity index is 2.31. The van der Waals surface area contributed by atoms with Crippen LogP contribution in [0.3, 0.4) is 0 Å². The Morgan fingerprint density at radius 1 is 1.46 bits per heavy atom. The fraction of sp³-hybridized carbons (Fsp3) is 0.375. The minimum absolute atomic E-state index is 0.187. The van der Waals surface area contributed by atoms with Crippen LogP contribution < -0.4 is 10.6 Å². The molecule has 0 bridgehead atoms. The van der Waals surface area contributed by atoms with Crippen molar-refractivity contribution in [1.82, 2.24) is 20.6 Å². The van der Waals surface area contributed by atoms with Crippen molar-refractivity contribution >= 4 is 6.03 Å². The van der Waals surface area contributed by atoms with Crippen LogP contribution in [0, 0.1) is 0 Å². The summed E-state index contributed by atoms with van der Waals surface area (Å²) in [4.78, 5) is 18.8. The van der Waals surface area contributed by atoms with E-state index < -0.39 is 0 Å². The highest BCUT2D eigenvalue weighted by atomic mass is 16.2. The summed E-state index contributed by atoms with van der Waals surface area (Å²) in [6.45, 7) is 2.88. The average molecular weight is 180 g/mol. The number of carbonyl (C=O) groups excluding carboxylic acids is 1. The van der Waals surface area contributed by atoms with Crippen molar-refractivity contribution in [2.45, 2.75) is 13.5 Å². The van der Waals surface area contributed by atoms with Crippen molar-refractivity contribution in [1.29, 1.82) is 0 Å². The van der Waals surface area contributed by atoms with Crippen molar-refractivity contribution in [3.05, 3.63) is 24.3 Å². The number of aromatic nitrogens is 2. The van der Waals surface area contributed by atoms with Crippen molar-refractivity contribution in [3.63, 3.8) is 0 Å². The molecule has 1 aromatic rings. The fourth-order valence-electron chi connectivity index (χ4n) is 0.815. The first kappa shape index (κ1) is 9.44. The molecule has 1 heterocycles. The molecule has 0 saturated carbocycles. The van der Waals surface area contributed by atoms with Gasteiger partial charge in [0.2, 0.25) is 0 Å². The van der Waals surface area contributed by atoms with Crippen LogP contribution in [0.1, 0.15) is 12.6 Å². The normalized spacial score (nSPS) is 9.31. The van der Waals surface area contributed by atoms with Crippen LogP contribution in [-0.4, -0.2) is 22.5 Å². The Morgan fingerprint density at radius 3 is 2.92 bits per heavy atom. The zero-order valence-corrected chi connectivity index (χ0v) is 7.45. The molecule has 1 aromatic heterocycles. The summed E-state index contributed by atoms with van der Waals surface area (Å²) < 4.78 is 0. The molecule has 2 N–H and O–H groups in total. The average Bonchev–Trinajstić information content (AvgIpc) is 2.17. The molecule has 2 amide bonds. The Hall–Kier alpha value is -1.65. The molecule has 0 saturated heterocycles. The number of nitrogens with zero attached hydrogens (tertiary/aromatic N) is 2. The fourth-order valence-corrected chi connectivity index (χ4v) is 0.815. The highest BCUT2D eigenvalue weighted by molar-refractivity contribution is 5.73. The molecular weight excluding hydrogens is 168 g/mol. The van der Waals surface area contributed by atoms with Crippen LogP contribution in [0.25, 0.3) is 0 Å². The van der Waals surface area contributed by atoms with Crippen LogP contribution in [0.4, 0.5) is 4.79 Å². The Bertz CT molecular complexity index is 262. The van der Waals surface area contributed by atoms with E-state index >= 15 is 0 Å². The van der Waals surface area contributed by atoms with Gasteiger partial charge in [0.15, 0.2) is 0 Å². The number of carbonyl (C=O) groups is 1. The molecule has 0 unspecified atom stereocenters. The number of urea groups is 1. The Kier molecular flexibility index (Phi) is 3.69. The second-order valence-electron chi connectivity index (χ2n) is 2.41. The van der Waals surface area contributed by atoms with Gasteiger partial charge < -0.3 is 10.6 Å². The van der Waals surface area contributed by atoms with Crippen molar-refractivity contribution < 1.29 is 4.79 Å². The standard InChI is InChI=1S/C8H12N4O/c1-2-10-8(13)12-6-7-5-9-3-4-11-7/h3-5H,2,6H2,1H3,(H2,10,12,13). The first-order valence-electron chi connectivity index (χ1n) is 4.09. The van der Waals surface area contributed by atoms with Crippen LogP contribution in [-0.2, 0) is 6.54 Å². The first-order chi connectivity index (χ1) is 6.33. The highest BCUT2D eigenvalue weighted by Crippen LogP contribution is 1.87. The van der Waals surface area contributed by atoms with E-state index in [2.05, 4.69) is 20.6 Å². The summed E-state index contributed by atoms with van der Waals surface area (Å²) in [5.41, 5.74) is 0.744. The maximum atomic E-state index is 10.9. The molecule has 70 valence electrons. The Morgan fingerprint density at radius 2 is 2.31 bits per heavy atom. The third-order valence-corrected chi connectivity index (χ3v) is 1.38. The monoisotopic (exact) mass is 180 g/mol. The van der Waals surface area contributed by atoms with Crippen LogP contribution in [0.5, 0.6) is 0 Å². The zero-order valence-electron chi connectivity index (χ0n) is 7.45. The molecule has 0 fully saturated rings. The minimum Gasteiger partial charge on any atom is -0.338 e. The largest absolute Gasteiger partial charge is 0.338 e. The van der Waals surface area contributed by atoms with Gasteiger partial charge in [-0.1, -0.05) is 0 Å². The van der Waals surface area contributed by atoms with E-state index in [1.807, 2.05) is 6.92 Å². The topological polar surface area (TPSA) is 66.9 Å². The first-order valence-corrected chi connectivity index (χ1v) is 4.09. The number of rotatable bonds is 3. The van der Waals surface area contributed by atoms with E-state index in [1.54, 1.807) is 18.6 Å². The summed E-state index contributed by atoms with van der Waals surface area (Å²) in [5.74, 6) is 0. The summed E-state index contributed by atoms with van der Waals surface area (Å²) in [6, 6.07) is -0.187. The summed E-state index contributed by atoms with van der Waals surface area (Å²) in [5, 5.41) is 5.26. The van der Waals surface area contributed by atoms with Gasteiger partial charge in [0.1, 0.15) is 0 Å². The summed E-state index contributed by atoms with van der Waals surface area (Å²) >= 11 is 0. The molecule has 0 aromatic carbocycles. The van der Waals surface area contributed by atoms with E-state index in [0.717, 1.165) is 5.69 Å². The highest BCUT2D eigenvalue weighted by Gasteiger charge is 1.97. The van der Waals surface area contributed by atoms with Gasteiger partial charge in [-0.05, 0) is 6.92 Å². The molecule has 0 atom stereocenters. The van der Waals surface area contributed by atoms with E-state index in [0.29, 0.717) is 13.1 Å². The second kappa shape index (κ2) is 5.08. The molecule has 0 aliphatic heterocycles. The predicted octanol–water partition coefficient (Wildman–Crippen LogP) is 0.296. The summed E-state index contributed by atoms with van der Waals surface area (Å²) in [6.07, 6.45) is 4.80. The van der Waals surface area contributed by atoms with E-state index in [9.17, 15) is 4.79 Å². The second-order valence-corrected chi connectivity index (χ2v) is 2.41. The lowest BCUT2D eigenvalue weighted by Crippen LogP contribution is -2.34. The smallest absolute Gasteiger partial charge is 0.315 e. The van der Waals surface area contributed by atoms with E-state index in [-0.39, 0.29) is 6.03 Å². The summed E-state index contributed by atoms with van der Waals surface area (Å²) in [7, 11) is 0.